The topological polar surface area (TPSA) is 98.3 Å². The van der Waals surface area contributed by atoms with Crippen molar-refractivity contribution >= 4 is 11.4 Å². The molecule has 0 amide bonds. The maximum absolute atomic E-state index is 9.63. The standard InChI is InChI=1S/C11H19N3O/c1-7-4-10(13)9(11(14)5-7)6-8(15)2-3-12/h4-5,8,15H,2-3,6,12-14H2,1H3. The molecule has 1 aromatic rings. The maximum atomic E-state index is 9.63. The average molecular weight is 209 g/mol. The Labute approximate surface area is 90.1 Å². The molecule has 0 spiro atoms. The summed E-state index contributed by atoms with van der Waals surface area (Å²) in [5.74, 6) is 0. The summed E-state index contributed by atoms with van der Waals surface area (Å²) in [5, 5.41) is 9.63. The maximum Gasteiger partial charge on any atom is 0.0594 e. The Morgan fingerprint density at radius 2 is 1.80 bits per heavy atom. The Morgan fingerprint density at radius 1 is 1.27 bits per heavy atom. The largest absolute Gasteiger partial charge is 0.398 e. The highest BCUT2D eigenvalue weighted by atomic mass is 16.3. The summed E-state index contributed by atoms with van der Waals surface area (Å²) >= 11 is 0. The number of anilines is 2. The summed E-state index contributed by atoms with van der Waals surface area (Å²) in [6.07, 6.45) is 0.560. The Hall–Kier alpha value is -1.26. The Bertz CT molecular complexity index is 316. The van der Waals surface area contributed by atoms with Crippen LogP contribution in [0.15, 0.2) is 12.1 Å². The van der Waals surface area contributed by atoms with Gasteiger partial charge in [0.25, 0.3) is 0 Å². The number of nitrogens with two attached hydrogens (primary N) is 3. The second-order valence-electron chi connectivity index (χ2n) is 3.86. The van der Waals surface area contributed by atoms with Gasteiger partial charge in [0.15, 0.2) is 0 Å². The van der Waals surface area contributed by atoms with E-state index in [9.17, 15) is 5.11 Å². The summed E-state index contributed by atoms with van der Waals surface area (Å²) in [4.78, 5) is 0. The molecule has 0 saturated heterocycles. The molecule has 7 N–H and O–H groups in total. The molecule has 0 aliphatic heterocycles. The summed E-state index contributed by atoms with van der Waals surface area (Å²) in [6, 6.07) is 3.72. The molecule has 0 aliphatic carbocycles. The monoisotopic (exact) mass is 209 g/mol. The molecular formula is C11H19N3O. The van der Waals surface area contributed by atoms with E-state index in [-0.39, 0.29) is 0 Å². The summed E-state index contributed by atoms with van der Waals surface area (Å²) in [6.45, 7) is 2.40. The zero-order valence-corrected chi connectivity index (χ0v) is 9.03. The molecule has 1 unspecified atom stereocenters. The van der Waals surface area contributed by atoms with E-state index >= 15 is 0 Å². The normalized spacial score (nSPS) is 12.7. The van der Waals surface area contributed by atoms with Crippen molar-refractivity contribution in [2.45, 2.75) is 25.9 Å². The first-order chi connectivity index (χ1) is 7.04. The molecule has 4 nitrogen and oxygen atoms in total. The number of hydrogen-bond acceptors (Lipinski definition) is 4. The van der Waals surface area contributed by atoms with Crippen LogP contribution in [0.3, 0.4) is 0 Å². The summed E-state index contributed by atoms with van der Waals surface area (Å²) < 4.78 is 0. The molecule has 0 heterocycles. The van der Waals surface area contributed by atoms with Crippen molar-refractivity contribution in [3.05, 3.63) is 23.3 Å². The molecule has 0 bridgehead atoms. The highest BCUT2D eigenvalue weighted by molar-refractivity contribution is 5.63. The lowest BCUT2D eigenvalue weighted by molar-refractivity contribution is 0.168. The molecule has 1 atom stereocenters. The minimum absolute atomic E-state index is 0.465. The van der Waals surface area contributed by atoms with Crippen LogP contribution in [0.4, 0.5) is 11.4 Å². The van der Waals surface area contributed by atoms with Crippen LogP contribution in [0, 0.1) is 6.92 Å². The van der Waals surface area contributed by atoms with Crippen LogP contribution in [0.5, 0.6) is 0 Å². The fraction of sp³-hybridized carbons (Fsp3) is 0.455. The first-order valence-corrected chi connectivity index (χ1v) is 5.07. The molecule has 15 heavy (non-hydrogen) atoms. The van der Waals surface area contributed by atoms with Crippen LogP contribution >= 0.6 is 0 Å². The predicted molar refractivity (Wildman–Crippen MR) is 63.4 cm³/mol. The molecule has 0 aliphatic rings. The second kappa shape index (κ2) is 5.00. The molecule has 0 fully saturated rings. The van der Waals surface area contributed by atoms with Gasteiger partial charge in [0, 0.05) is 23.4 Å². The van der Waals surface area contributed by atoms with E-state index in [0.29, 0.717) is 30.8 Å². The van der Waals surface area contributed by atoms with Crippen LogP contribution in [0.25, 0.3) is 0 Å². The molecule has 0 radical (unpaired) electrons. The van der Waals surface area contributed by atoms with E-state index in [1.807, 2.05) is 19.1 Å². The lowest BCUT2D eigenvalue weighted by Gasteiger charge is -2.14. The lowest BCUT2D eigenvalue weighted by atomic mass is 10.0. The van der Waals surface area contributed by atoms with Crippen molar-refractivity contribution in [1.82, 2.24) is 0 Å². The van der Waals surface area contributed by atoms with Crippen molar-refractivity contribution in [2.24, 2.45) is 5.73 Å². The number of aliphatic hydroxyl groups excluding tert-OH is 1. The number of nitrogen functional groups attached to an aromatic ring is 2. The number of benzene rings is 1. The zero-order chi connectivity index (χ0) is 11.4. The van der Waals surface area contributed by atoms with E-state index in [1.54, 1.807) is 0 Å². The Morgan fingerprint density at radius 3 is 2.27 bits per heavy atom. The van der Waals surface area contributed by atoms with Gasteiger partial charge in [0.05, 0.1) is 6.10 Å². The van der Waals surface area contributed by atoms with Crippen molar-refractivity contribution < 1.29 is 5.11 Å². The third kappa shape index (κ3) is 3.11. The van der Waals surface area contributed by atoms with Gasteiger partial charge in [-0.25, -0.2) is 0 Å². The molecular weight excluding hydrogens is 190 g/mol. The Balaban J connectivity index is 2.85. The van der Waals surface area contributed by atoms with E-state index in [2.05, 4.69) is 0 Å². The summed E-state index contributed by atoms with van der Waals surface area (Å²) in [7, 11) is 0. The smallest absolute Gasteiger partial charge is 0.0594 e. The number of aryl methyl sites for hydroxylation is 1. The number of rotatable bonds is 4. The SMILES string of the molecule is Cc1cc(N)c(CC(O)CCN)c(N)c1. The first kappa shape index (κ1) is 11.8. The fourth-order valence-corrected chi connectivity index (χ4v) is 1.64. The van der Waals surface area contributed by atoms with Crippen LogP contribution < -0.4 is 17.2 Å². The third-order valence-electron chi connectivity index (χ3n) is 2.40. The van der Waals surface area contributed by atoms with Gasteiger partial charge in [-0.3, -0.25) is 0 Å². The number of hydrogen-bond donors (Lipinski definition) is 4. The first-order valence-electron chi connectivity index (χ1n) is 5.07. The predicted octanol–water partition coefficient (Wildman–Crippen LogP) is 0.412. The van der Waals surface area contributed by atoms with Crippen LogP contribution in [-0.2, 0) is 6.42 Å². The third-order valence-corrected chi connectivity index (χ3v) is 2.40. The van der Waals surface area contributed by atoms with E-state index in [4.69, 9.17) is 17.2 Å². The molecule has 0 saturated carbocycles. The minimum Gasteiger partial charge on any atom is -0.398 e. The molecule has 0 aromatic heterocycles. The fourth-order valence-electron chi connectivity index (χ4n) is 1.64. The average Bonchev–Trinajstić information content (AvgIpc) is 2.11. The van der Waals surface area contributed by atoms with Crippen molar-refractivity contribution in [2.75, 3.05) is 18.0 Å². The van der Waals surface area contributed by atoms with Crippen LogP contribution in [0.1, 0.15) is 17.5 Å². The van der Waals surface area contributed by atoms with Gasteiger partial charge in [-0.2, -0.15) is 0 Å². The minimum atomic E-state index is -0.470. The lowest BCUT2D eigenvalue weighted by Crippen LogP contribution is -2.17. The Kier molecular flexibility index (Phi) is 3.94. The highest BCUT2D eigenvalue weighted by Gasteiger charge is 2.10. The van der Waals surface area contributed by atoms with E-state index < -0.39 is 6.10 Å². The van der Waals surface area contributed by atoms with Gasteiger partial charge >= 0.3 is 0 Å². The number of aliphatic hydroxyl groups is 1. The van der Waals surface area contributed by atoms with Gasteiger partial charge in [0.2, 0.25) is 0 Å². The van der Waals surface area contributed by atoms with Crippen LogP contribution in [-0.4, -0.2) is 17.8 Å². The van der Waals surface area contributed by atoms with Gasteiger partial charge < -0.3 is 22.3 Å². The van der Waals surface area contributed by atoms with Crippen molar-refractivity contribution in [1.29, 1.82) is 0 Å². The van der Waals surface area contributed by atoms with Gasteiger partial charge in [-0.15, -0.1) is 0 Å². The second-order valence-corrected chi connectivity index (χ2v) is 3.86. The van der Waals surface area contributed by atoms with Gasteiger partial charge in [-0.05, 0) is 37.6 Å². The van der Waals surface area contributed by atoms with Gasteiger partial charge in [-0.1, -0.05) is 0 Å². The molecule has 84 valence electrons. The van der Waals surface area contributed by atoms with E-state index in [1.165, 1.54) is 0 Å². The van der Waals surface area contributed by atoms with Gasteiger partial charge in [0.1, 0.15) is 0 Å². The highest BCUT2D eigenvalue weighted by Crippen LogP contribution is 2.23. The van der Waals surface area contributed by atoms with Crippen LogP contribution in [0.2, 0.25) is 0 Å². The molecule has 1 aromatic carbocycles. The molecule has 4 heteroatoms. The molecule has 1 rings (SSSR count). The quantitative estimate of drug-likeness (QED) is 0.540. The zero-order valence-electron chi connectivity index (χ0n) is 9.03. The van der Waals surface area contributed by atoms with Crippen molar-refractivity contribution in [3.63, 3.8) is 0 Å². The van der Waals surface area contributed by atoms with Crippen molar-refractivity contribution in [3.8, 4) is 0 Å². The summed E-state index contributed by atoms with van der Waals surface area (Å²) in [5.41, 5.74) is 20.2. The van der Waals surface area contributed by atoms with E-state index in [0.717, 1.165) is 11.1 Å².